The first-order valence-electron chi connectivity index (χ1n) is 7.53. The van der Waals surface area contributed by atoms with E-state index in [0.717, 1.165) is 25.8 Å². The molecular weight excluding hydrogens is 270 g/mol. The van der Waals surface area contributed by atoms with Crippen molar-refractivity contribution in [3.8, 4) is 0 Å². The van der Waals surface area contributed by atoms with E-state index >= 15 is 0 Å². The van der Waals surface area contributed by atoms with E-state index in [1.54, 1.807) is 12.4 Å². The third-order valence-electron chi connectivity index (χ3n) is 4.19. The largest absolute Gasteiger partial charge is 0.376 e. The van der Waals surface area contributed by atoms with Crippen molar-refractivity contribution < 1.29 is 14.3 Å². The molecule has 0 aliphatic carbocycles. The highest BCUT2D eigenvalue weighted by atomic mass is 16.6. The van der Waals surface area contributed by atoms with Crippen molar-refractivity contribution in [2.24, 2.45) is 0 Å². The second kappa shape index (κ2) is 6.07. The zero-order valence-corrected chi connectivity index (χ0v) is 12.3. The minimum atomic E-state index is -0.240. The number of piperidine rings is 1. The van der Waals surface area contributed by atoms with Gasteiger partial charge in [0.25, 0.3) is 5.91 Å². The number of hydrogen-bond acceptors (Lipinski definition) is 5. The summed E-state index contributed by atoms with van der Waals surface area (Å²) in [5.41, 5.74) is 0.157. The monoisotopic (exact) mass is 291 g/mol. The van der Waals surface area contributed by atoms with Crippen LogP contribution in [0.1, 0.15) is 36.7 Å². The van der Waals surface area contributed by atoms with Crippen molar-refractivity contribution in [2.45, 2.75) is 37.9 Å². The highest BCUT2D eigenvalue weighted by Gasteiger charge is 2.45. The number of likely N-dealkylation sites (tertiary alicyclic amines) is 1. The molecule has 3 heterocycles. The van der Waals surface area contributed by atoms with Crippen LogP contribution in [0, 0.1) is 0 Å². The summed E-state index contributed by atoms with van der Waals surface area (Å²) in [7, 11) is 0. The second-order valence-corrected chi connectivity index (χ2v) is 5.70. The number of ether oxygens (including phenoxy) is 2. The maximum Gasteiger partial charge on any atom is 0.274 e. The Morgan fingerprint density at radius 3 is 3.24 bits per heavy atom. The predicted molar refractivity (Wildman–Crippen MR) is 75.9 cm³/mol. The van der Waals surface area contributed by atoms with Gasteiger partial charge in [0.15, 0.2) is 0 Å². The van der Waals surface area contributed by atoms with Gasteiger partial charge in [-0.1, -0.05) is 0 Å². The molecule has 0 saturated carbocycles. The van der Waals surface area contributed by atoms with Gasteiger partial charge in [-0.2, -0.15) is 0 Å². The average Bonchev–Trinajstić information content (AvgIpc) is 2.90. The molecule has 2 aliphatic rings. The van der Waals surface area contributed by atoms with Gasteiger partial charge in [0.05, 0.1) is 31.1 Å². The Kier molecular flexibility index (Phi) is 4.17. The number of rotatable bonds is 3. The fourth-order valence-corrected chi connectivity index (χ4v) is 3.27. The van der Waals surface area contributed by atoms with Gasteiger partial charge in [-0.15, -0.1) is 0 Å². The van der Waals surface area contributed by atoms with E-state index in [1.807, 2.05) is 11.8 Å². The summed E-state index contributed by atoms with van der Waals surface area (Å²) < 4.78 is 11.7. The van der Waals surface area contributed by atoms with Gasteiger partial charge in [0.1, 0.15) is 5.69 Å². The van der Waals surface area contributed by atoms with Crippen molar-refractivity contribution in [1.29, 1.82) is 0 Å². The summed E-state index contributed by atoms with van der Waals surface area (Å²) >= 11 is 0. The van der Waals surface area contributed by atoms with Crippen LogP contribution in [0.15, 0.2) is 18.6 Å². The molecule has 1 aromatic rings. The van der Waals surface area contributed by atoms with Gasteiger partial charge in [0.2, 0.25) is 0 Å². The average molecular weight is 291 g/mol. The van der Waals surface area contributed by atoms with Gasteiger partial charge >= 0.3 is 0 Å². The van der Waals surface area contributed by atoms with E-state index < -0.39 is 0 Å². The Hall–Kier alpha value is -1.53. The summed E-state index contributed by atoms with van der Waals surface area (Å²) in [5.74, 6) is -0.0642. The van der Waals surface area contributed by atoms with Crippen molar-refractivity contribution in [3.63, 3.8) is 0 Å². The molecule has 6 heteroatoms. The first-order valence-corrected chi connectivity index (χ1v) is 7.53. The molecule has 1 aromatic heterocycles. The Balaban J connectivity index is 1.68. The lowest BCUT2D eigenvalue weighted by molar-refractivity contribution is -0.0463. The highest BCUT2D eigenvalue weighted by molar-refractivity contribution is 5.92. The minimum Gasteiger partial charge on any atom is -0.376 e. The van der Waals surface area contributed by atoms with E-state index in [0.29, 0.717) is 25.5 Å². The SMILES string of the molecule is CCO[C@H]1CO[C@]2(CCCN(C(=O)c3cnccn3)C2)C1. The molecule has 2 saturated heterocycles. The molecule has 114 valence electrons. The third-order valence-corrected chi connectivity index (χ3v) is 4.19. The molecular formula is C15H21N3O3. The fourth-order valence-electron chi connectivity index (χ4n) is 3.27. The molecule has 1 amide bonds. The predicted octanol–water partition coefficient (Wildman–Crippen LogP) is 1.28. The van der Waals surface area contributed by atoms with Gasteiger partial charge < -0.3 is 14.4 Å². The molecule has 0 bridgehead atoms. The molecule has 0 unspecified atom stereocenters. The minimum absolute atomic E-state index is 0.0642. The van der Waals surface area contributed by atoms with Crippen molar-refractivity contribution in [1.82, 2.24) is 14.9 Å². The van der Waals surface area contributed by atoms with E-state index in [4.69, 9.17) is 9.47 Å². The molecule has 2 fully saturated rings. The summed E-state index contributed by atoms with van der Waals surface area (Å²) in [6.45, 7) is 4.69. The van der Waals surface area contributed by atoms with E-state index in [2.05, 4.69) is 9.97 Å². The van der Waals surface area contributed by atoms with Crippen LogP contribution in [-0.2, 0) is 9.47 Å². The smallest absolute Gasteiger partial charge is 0.274 e. The first kappa shape index (κ1) is 14.4. The lowest BCUT2D eigenvalue weighted by atomic mass is 9.89. The van der Waals surface area contributed by atoms with Crippen LogP contribution in [0.25, 0.3) is 0 Å². The standard InChI is InChI=1S/C15H21N3O3/c1-2-20-12-8-15(21-10-12)4-3-7-18(11-15)14(19)13-9-16-5-6-17-13/h5-6,9,12H,2-4,7-8,10-11H2,1H3/t12-,15-/m1/s1. The number of carbonyl (C=O) groups excluding carboxylic acids is 1. The molecule has 0 radical (unpaired) electrons. The lowest BCUT2D eigenvalue weighted by Crippen LogP contribution is -2.50. The van der Waals surface area contributed by atoms with Crippen molar-refractivity contribution in [2.75, 3.05) is 26.3 Å². The number of nitrogens with zero attached hydrogens (tertiary/aromatic N) is 3. The van der Waals surface area contributed by atoms with Gasteiger partial charge in [-0.3, -0.25) is 9.78 Å². The molecule has 2 aliphatic heterocycles. The van der Waals surface area contributed by atoms with E-state index in [-0.39, 0.29) is 17.6 Å². The third kappa shape index (κ3) is 3.06. The van der Waals surface area contributed by atoms with Crippen LogP contribution >= 0.6 is 0 Å². The number of amides is 1. The normalized spacial score (nSPS) is 29.0. The first-order chi connectivity index (χ1) is 10.2. The molecule has 0 N–H and O–H groups in total. The summed E-state index contributed by atoms with van der Waals surface area (Å²) in [5, 5.41) is 0. The molecule has 6 nitrogen and oxygen atoms in total. The molecule has 2 atom stereocenters. The summed E-state index contributed by atoms with van der Waals surface area (Å²) in [6, 6.07) is 0. The van der Waals surface area contributed by atoms with Crippen LogP contribution in [0.5, 0.6) is 0 Å². The number of carbonyl (C=O) groups is 1. The van der Waals surface area contributed by atoms with Crippen molar-refractivity contribution in [3.05, 3.63) is 24.3 Å². The van der Waals surface area contributed by atoms with Crippen LogP contribution in [0.4, 0.5) is 0 Å². The highest BCUT2D eigenvalue weighted by Crippen LogP contribution is 2.36. The van der Waals surface area contributed by atoms with Crippen LogP contribution in [0.2, 0.25) is 0 Å². The zero-order valence-electron chi connectivity index (χ0n) is 12.3. The van der Waals surface area contributed by atoms with Crippen LogP contribution in [-0.4, -0.2) is 58.8 Å². The van der Waals surface area contributed by atoms with Crippen molar-refractivity contribution >= 4 is 5.91 Å². The topological polar surface area (TPSA) is 64.6 Å². The fraction of sp³-hybridized carbons (Fsp3) is 0.667. The molecule has 21 heavy (non-hydrogen) atoms. The van der Waals surface area contributed by atoms with Gasteiger partial charge in [0, 0.05) is 32.0 Å². The summed E-state index contributed by atoms with van der Waals surface area (Å²) in [6.07, 6.45) is 7.59. The van der Waals surface area contributed by atoms with E-state index in [9.17, 15) is 4.79 Å². The van der Waals surface area contributed by atoms with Crippen LogP contribution in [0.3, 0.4) is 0 Å². The van der Waals surface area contributed by atoms with Gasteiger partial charge in [-0.25, -0.2) is 4.98 Å². The number of aromatic nitrogens is 2. The maximum absolute atomic E-state index is 12.5. The quantitative estimate of drug-likeness (QED) is 0.839. The Bertz CT molecular complexity index is 496. The Morgan fingerprint density at radius 1 is 1.57 bits per heavy atom. The second-order valence-electron chi connectivity index (χ2n) is 5.70. The molecule has 0 aromatic carbocycles. The molecule has 3 rings (SSSR count). The summed E-state index contributed by atoms with van der Waals surface area (Å²) in [4.78, 5) is 22.4. The van der Waals surface area contributed by atoms with Crippen LogP contribution < -0.4 is 0 Å². The number of hydrogen-bond donors (Lipinski definition) is 0. The Morgan fingerprint density at radius 2 is 2.48 bits per heavy atom. The lowest BCUT2D eigenvalue weighted by Gasteiger charge is -2.39. The zero-order chi connectivity index (χ0) is 14.7. The Labute approximate surface area is 124 Å². The maximum atomic E-state index is 12.5. The van der Waals surface area contributed by atoms with E-state index in [1.165, 1.54) is 6.20 Å². The van der Waals surface area contributed by atoms with Gasteiger partial charge in [-0.05, 0) is 19.8 Å². The molecule has 1 spiro atoms.